The number of pyridine rings is 1. The summed E-state index contributed by atoms with van der Waals surface area (Å²) in [5.41, 5.74) is 2.16. The number of aromatic nitrogens is 1. The predicted octanol–water partition coefficient (Wildman–Crippen LogP) is 2.23. The van der Waals surface area contributed by atoms with E-state index in [0.717, 1.165) is 37.1 Å². The SMILES string of the molecule is Cc1cc(NCCOCC2CC2)ccn1. The summed E-state index contributed by atoms with van der Waals surface area (Å²) in [5.74, 6) is 0.855. The molecule has 0 atom stereocenters. The van der Waals surface area contributed by atoms with Gasteiger partial charge in [-0.2, -0.15) is 0 Å². The zero-order valence-electron chi connectivity index (χ0n) is 9.20. The molecule has 2 rings (SSSR count). The molecular weight excluding hydrogens is 188 g/mol. The Hall–Kier alpha value is -1.09. The molecule has 1 aromatic rings. The quantitative estimate of drug-likeness (QED) is 0.725. The van der Waals surface area contributed by atoms with Gasteiger partial charge in [0, 0.05) is 30.7 Å². The highest BCUT2D eigenvalue weighted by Gasteiger charge is 2.20. The number of hydrogen-bond acceptors (Lipinski definition) is 3. The van der Waals surface area contributed by atoms with Crippen LogP contribution in [0.1, 0.15) is 18.5 Å². The van der Waals surface area contributed by atoms with Crippen molar-refractivity contribution < 1.29 is 4.74 Å². The molecule has 0 aromatic carbocycles. The van der Waals surface area contributed by atoms with Crippen molar-refractivity contribution in [3.63, 3.8) is 0 Å². The maximum Gasteiger partial charge on any atom is 0.0639 e. The molecule has 1 aliphatic rings. The molecule has 1 heterocycles. The summed E-state index contributed by atoms with van der Waals surface area (Å²) < 4.78 is 5.53. The lowest BCUT2D eigenvalue weighted by Gasteiger charge is -2.07. The van der Waals surface area contributed by atoms with Gasteiger partial charge in [0.25, 0.3) is 0 Å². The van der Waals surface area contributed by atoms with Crippen molar-refractivity contribution in [2.45, 2.75) is 19.8 Å². The topological polar surface area (TPSA) is 34.1 Å². The van der Waals surface area contributed by atoms with E-state index in [0.29, 0.717) is 0 Å². The summed E-state index contributed by atoms with van der Waals surface area (Å²) in [6.07, 6.45) is 4.54. The standard InChI is InChI=1S/C12H18N2O/c1-10-8-12(4-5-13-10)14-6-7-15-9-11-2-3-11/h4-5,8,11H,2-3,6-7,9H2,1H3,(H,13,14). The fourth-order valence-corrected chi connectivity index (χ4v) is 1.46. The second kappa shape index (κ2) is 5.12. The minimum absolute atomic E-state index is 0.790. The molecule has 1 N–H and O–H groups in total. The second-order valence-corrected chi connectivity index (χ2v) is 4.13. The number of nitrogens with one attached hydrogen (secondary N) is 1. The Morgan fingerprint density at radius 2 is 2.40 bits per heavy atom. The van der Waals surface area contributed by atoms with Gasteiger partial charge in [-0.1, -0.05) is 0 Å². The number of nitrogens with zero attached hydrogens (tertiary/aromatic N) is 1. The first-order valence-electron chi connectivity index (χ1n) is 5.59. The van der Waals surface area contributed by atoms with Crippen molar-refractivity contribution >= 4 is 5.69 Å². The second-order valence-electron chi connectivity index (χ2n) is 4.13. The van der Waals surface area contributed by atoms with Gasteiger partial charge in [0.05, 0.1) is 6.61 Å². The van der Waals surface area contributed by atoms with E-state index in [9.17, 15) is 0 Å². The van der Waals surface area contributed by atoms with E-state index in [1.807, 2.05) is 25.3 Å². The molecule has 1 saturated carbocycles. The van der Waals surface area contributed by atoms with Gasteiger partial charge in [0.15, 0.2) is 0 Å². The Balaban J connectivity index is 1.60. The summed E-state index contributed by atoms with van der Waals surface area (Å²) in [6.45, 7) is 4.60. The van der Waals surface area contributed by atoms with Gasteiger partial charge in [-0.3, -0.25) is 4.98 Å². The van der Waals surface area contributed by atoms with Gasteiger partial charge >= 0.3 is 0 Å². The van der Waals surface area contributed by atoms with Gasteiger partial charge in [0.1, 0.15) is 0 Å². The zero-order chi connectivity index (χ0) is 10.5. The summed E-state index contributed by atoms with van der Waals surface area (Å²) >= 11 is 0. The van der Waals surface area contributed by atoms with E-state index in [-0.39, 0.29) is 0 Å². The Kier molecular flexibility index (Phi) is 3.56. The highest BCUT2D eigenvalue weighted by Crippen LogP contribution is 2.28. The minimum Gasteiger partial charge on any atom is -0.383 e. The summed E-state index contributed by atoms with van der Waals surface area (Å²) in [4.78, 5) is 4.14. The highest BCUT2D eigenvalue weighted by atomic mass is 16.5. The predicted molar refractivity (Wildman–Crippen MR) is 61.0 cm³/mol. The van der Waals surface area contributed by atoms with Crippen LogP contribution in [0.2, 0.25) is 0 Å². The van der Waals surface area contributed by atoms with Crippen LogP contribution in [0, 0.1) is 12.8 Å². The number of ether oxygens (including phenoxy) is 1. The van der Waals surface area contributed by atoms with E-state index < -0.39 is 0 Å². The van der Waals surface area contributed by atoms with Crippen LogP contribution >= 0.6 is 0 Å². The fourth-order valence-electron chi connectivity index (χ4n) is 1.46. The minimum atomic E-state index is 0.790. The molecule has 0 amide bonds. The van der Waals surface area contributed by atoms with Crippen LogP contribution in [0.25, 0.3) is 0 Å². The molecule has 0 unspecified atom stereocenters. The first kappa shape index (κ1) is 10.4. The lowest BCUT2D eigenvalue weighted by molar-refractivity contribution is 0.134. The normalized spacial score (nSPS) is 15.3. The third-order valence-corrected chi connectivity index (χ3v) is 2.52. The van der Waals surface area contributed by atoms with Crippen molar-refractivity contribution in [3.8, 4) is 0 Å². The summed E-state index contributed by atoms with van der Waals surface area (Å²) in [6, 6.07) is 4.02. The maximum atomic E-state index is 5.53. The van der Waals surface area contributed by atoms with Crippen LogP contribution in [0.3, 0.4) is 0 Å². The zero-order valence-corrected chi connectivity index (χ0v) is 9.20. The van der Waals surface area contributed by atoms with Crippen LogP contribution in [0.15, 0.2) is 18.3 Å². The van der Waals surface area contributed by atoms with Crippen molar-refractivity contribution in [2.24, 2.45) is 5.92 Å². The lowest BCUT2D eigenvalue weighted by atomic mass is 10.3. The largest absolute Gasteiger partial charge is 0.383 e. The molecule has 0 saturated heterocycles. The van der Waals surface area contributed by atoms with Crippen molar-refractivity contribution in [2.75, 3.05) is 25.1 Å². The summed E-state index contributed by atoms with van der Waals surface area (Å²) in [5, 5.41) is 3.31. The van der Waals surface area contributed by atoms with Gasteiger partial charge in [-0.25, -0.2) is 0 Å². The van der Waals surface area contributed by atoms with Crippen molar-refractivity contribution in [1.82, 2.24) is 4.98 Å². The average molecular weight is 206 g/mol. The van der Waals surface area contributed by atoms with Gasteiger partial charge < -0.3 is 10.1 Å². The monoisotopic (exact) mass is 206 g/mol. The van der Waals surface area contributed by atoms with E-state index >= 15 is 0 Å². The number of rotatable bonds is 6. The van der Waals surface area contributed by atoms with Crippen LogP contribution in [0.4, 0.5) is 5.69 Å². The third-order valence-electron chi connectivity index (χ3n) is 2.52. The van der Waals surface area contributed by atoms with E-state index in [2.05, 4.69) is 10.3 Å². The molecule has 1 aromatic heterocycles. The molecule has 1 aliphatic carbocycles. The lowest BCUT2D eigenvalue weighted by Crippen LogP contribution is -2.10. The molecule has 0 bridgehead atoms. The maximum absolute atomic E-state index is 5.53. The molecular formula is C12H18N2O. The van der Waals surface area contributed by atoms with Crippen LogP contribution in [-0.4, -0.2) is 24.7 Å². The van der Waals surface area contributed by atoms with Crippen LogP contribution in [-0.2, 0) is 4.74 Å². The molecule has 3 nitrogen and oxygen atoms in total. The highest BCUT2D eigenvalue weighted by molar-refractivity contribution is 5.42. The third kappa shape index (κ3) is 3.88. The van der Waals surface area contributed by atoms with E-state index in [1.54, 1.807) is 0 Å². The number of anilines is 1. The molecule has 1 fully saturated rings. The molecule has 82 valence electrons. The smallest absolute Gasteiger partial charge is 0.0639 e. The molecule has 0 radical (unpaired) electrons. The number of hydrogen-bond donors (Lipinski definition) is 1. The fraction of sp³-hybridized carbons (Fsp3) is 0.583. The van der Waals surface area contributed by atoms with Crippen molar-refractivity contribution in [1.29, 1.82) is 0 Å². The first-order valence-corrected chi connectivity index (χ1v) is 5.59. The first-order chi connectivity index (χ1) is 7.34. The molecule has 15 heavy (non-hydrogen) atoms. The van der Waals surface area contributed by atoms with E-state index in [4.69, 9.17) is 4.74 Å². The Bertz CT molecular complexity index is 310. The van der Waals surface area contributed by atoms with Gasteiger partial charge in [-0.15, -0.1) is 0 Å². The van der Waals surface area contributed by atoms with Crippen LogP contribution < -0.4 is 5.32 Å². The Morgan fingerprint density at radius 3 is 3.13 bits per heavy atom. The Morgan fingerprint density at radius 1 is 1.53 bits per heavy atom. The Labute approximate surface area is 90.9 Å². The van der Waals surface area contributed by atoms with Gasteiger partial charge in [0.2, 0.25) is 0 Å². The van der Waals surface area contributed by atoms with E-state index in [1.165, 1.54) is 12.8 Å². The number of aryl methyl sites for hydroxylation is 1. The van der Waals surface area contributed by atoms with Crippen LogP contribution in [0.5, 0.6) is 0 Å². The molecule has 3 heteroatoms. The van der Waals surface area contributed by atoms with Gasteiger partial charge in [-0.05, 0) is 37.8 Å². The summed E-state index contributed by atoms with van der Waals surface area (Å²) in [7, 11) is 0. The molecule has 0 spiro atoms. The van der Waals surface area contributed by atoms with Crippen molar-refractivity contribution in [3.05, 3.63) is 24.0 Å². The average Bonchev–Trinajstić information content (AvgIpc) is 3.01. The molecule has 0 aliphatic heterocycles.